The Morgan fingerprint density at radius 3 is 2.52 bits per heavy atom. The summed E-state index contributed by atoms with van der Waals surface area (Å²) >= 11 is 0. The largest absolute Gasteiger partial charge is 0.465 e. The maximum absolute atomic E-state index is 12.9. The topological polar surface area (TPSA) is 74.6 Å². The molecule has 6 heteroatoms. The summed E-state index contributed by atoms with van der Waals surface area (Å²) in [6.07, 6.45) is 3.00. The third-order valence-corrected chi connectivity index (χ3v) is 4.38. The Morgan fingerprint density at radius 2 is 1.83 bits per heavy atom. The van der Waals surface area contributed by atoms with Crippen molar-refractivity contribution in [2.24, 2.45) is 0 Å². The molecule has 0 radical (unpaired) electrons. The molecular weight excluding hydrogens is 366 g/mol. The number of carbonyl (C=O) groups excluding carboxylic acids is 2. The molecule has 3 aromatic rings. The van der Waals surface area contributed by atoms with Gasteiger partial charge in [-0.05, 0) is 49.4 Å². The number of furan rings is 1. The van der Waals surface area contributed by atoms with E-state index >= 15 is 0 Å². The van der Waals surface area contributed by atoms with Gasteiger partial charge in [-0.1, -0.05) is 24.3 Å². The van der Waals surface area contributed by atoms with E-state index in [9.17, 15) is 9.59 Å². The smallest absolute Gasteiger partial charge is 0.272 e. The minimum absolute atomic E-state index is 0.0862. The van der Waals surface area contributed by atoms with Gasteiger partial charge >= 0.3 is 0 Å². The monoisotopic (exact) mass is 389 g/mol. The lowest BCUT2D eigenvalue weighted by Gasteiger charge is -2.18. The van der Waals surface area contributed by atoms with Crippen LogP contribution in [0.2, 0.25) is 0 Å². The molecule has 0 saturated heterocycles. The highest BCUT2D eigenvalue weighted by Gasteiger charge is 2.16. The number of hydrogen-bond acceptors (Lipinski definition) is 4. The molecule has 1 aromatic heterocycles. The minimum atomic E-state index is -0.443. The van der Waals surface area contributed by atoms with E-state index in [-0.39, 0.29) is 11.6 Å². The predicted molar refractivity (Wildman–Crippen MR) is 115 cm³/mol. The summed E-state index contributed by atoms with van der Waals surface area (Å²) in [4.78, 5) is 27.5. The summed E-state index contributed by atoms with van der Waals surface area (Å²) < 4.78 is 5.30. The highest BCUT2D eigenvalue weighted by atomic mass is 16.3. The first kappa shape index (κ1) is 19.9. The van der Waals surface area contributed by atoms with Crippen LogP contribution in [0.5, 0.6) is 0 Å². The molecule has 0 aliphatic heterocycles. The average molecular weight is 389 g/mol. The van der Waals surface area contributed by atoms with Crippen molar-refractivity contribution >= 4 is 29.3 Å². The van der Waals surface area contributed by atoms with Gasteiger partial charge in [0.25, 0.3) is 11.8 Å². The molecule has 6 nitrogen and oxygen atoms in total. The molecule has 0 aliphatic carbocycles. The number of benzene rings is 2. The molecular formula is C23H23N3O3. The number of nitrogens with zero attached hydrogens (tertiary/aromatic N) is 1. The predicted octanol–water partition coefficient (Wildman–Crippen LogP) is 4.15. The summed E-state index contributed by atoms with van der Waals surface area (Å²) in [7, 11) is 1.98. The lowest BCUT2D eigenvalue weighted by molar-refractivity contribution is -0.113. The zero-order valence-corrected chi connectivity index (χ0v) is 16.4. The van der Waals surface area contributed by atoms with E-state index in [0.29, 0.717) is 17.0 Å². The van der Waals surface area contributed by atoms with Gasteiger partial charge in [-0.15, -0.1) is 0 Å². The van der Waals surface area contributed by atoms with Gasteiger partial charge in [0.2, 0.25) is 0 Å². The van der Waals surface area contributed by atoms with E-state index in [1.807, 2.05) is 31.3 Å². The number of hydrogen-bond donors (Lipinski definition) is 2. The summed E-state index contributed by atoms with van der Waals surface area (Å²) in [5, 5.41) is 5.52. The van der Waals surface area contributed by atoms with Crippen LogP contribution in [0, 0.1) is 0 Å². The highest BCUT2D eigenvalue weighted by molar-refractivity contribution is 6.10. The third kappa shape index (κ3) is 5.35. The quantitative estimate of drug-likeness (QED) is 0.596. The number of rotatable bonds is 7. The molecule has 2 aromatic carbocycles. The van der Waals surface area contributed by atoms with E-state index in [0.717, 1.165) is 12.2 Å². The fourth-order valence-corrected chi connectivity index (χ4v) is 2.66. The lowest BCUT2D eigenvalue weighted by Crippen LogP contribution is -2.30. The maximum Gasteiger partial charge on any atom is 0.272 e. The molecule has 0 spiro atoms. The van der Waals surface area contributed by atoms with Gasteiger partial charge in [-0.2, -0.15) is 0 Å². The van der Waals surface area contributed by atoms with Crippen LogP contribution in [0.4, 0.5) is 11.4 Å². The standard InChI is InChI=1S/C23H23N3O3/c1-3-26(2)19-12-7-11-18(15-19)24-23(28)21(16-20-13-8-14-29-20)25-22(27)17-9-5-4-6-10-17/h4-16H,3H2,1-2H3,(H,24,28)(H,25,27)/b21-16-. The third-order valence-electron chi connectivity index (χ3n) is 4.38. The second-order valence-corrected chi connectivity index (χ2v) is 6.41. The Balaban J connectivity index is 1.82. The van der Waals surface area contributed by atoms with Crippen molar-refractivity contribution in [1.29, 1.82) is 0 Å². The SMILES string of the molecule is CCN(C)c1cccc(NC(=O)/C(=C/c2ccco2)NC(=O)c2ccccc2)c1. The van der Waals surface area contributed by atoms with Crippen LogP contribution in [-0.4, -0.2) is 25.4 Å². The first-order chi connectivity index (χ1) is 14.1. The van der Waals surface area contributed by atoms with Crippen molar-refractivity contribution in [2.45, 2.75) is 6.92 Å². The van der Waals surface area contributed by atoms with E-state index < -0.39 is 5.91 Å². The van der Waals surface area contributed by atoms with Gasteiger partial charge in [0, 0.05) is 36.6 Å². The zero-order valence-electron chi connectivity index (χ0n) is 16.4. The van der Waals surface area contributed by atoms with Crippen molar-refractivity contribution in [2.75, 3.05) is 23.8 Å². The Morgan fingerprint density at radius 1 is 1.03 bits per heavy atom. The Bertz CT molecular complexity index is 995. The highest BCUT2D eigenvalue weighted by Crippen LogP contribution is 2.19. The molecule has 0 bridgehead atoms. The van der Waals surface area contributed by atoms with Crippen LogP contribution in [0.15, 0.2) is 83.1 Å². The molecule has 0 unspecified atom stereocenters. The normalized spacial score (nSPS) is 11.0. The fourth-order valence-electron chi connectivity index (χ4n) is 2.66. The average Bonchev–Trinajstić information content (AvgIpc) is 3.26. The van der Waals surface area contributed by atoms with Gasteiger partial charge in [-0.25, -0.2) is 0 Å². The van der Waals surface area contributed by atoms with Crippen LogP contribution in [0.1, 0.15) is 23.0 Å². The summed E-state index contributed by atoms with van der Waals surface area (Å²) in [5.74, 6) is -0.358. The van der Waals surface area contributed by atoms with Crippen LogP contribution in [0.25, 0.3) is 6.08 Å². The molecule has 29 heavy (non-hydrogen) atoms. The second-order valence-electron chi connectivity index (χ2n) is 6.41. The minimum Gasteiger partial charge on any atom is -0.465 e. The Hall–Kier alpha value is -3.80. The molecule has 0 fully saturated rings. The number of amides is 2. The molecule has 2 N–H and O–H groups in total. The fraction of sp³-hybridized carbons (Fsp3) is 0.130. The molecule has 2 amide bonds. The van der Waals surface area contributed by atoms with Crippen LogP contribution < -0.4 is 15.5 Å². The molecule has 1 heterocycles. The zero-order chi connectivity index (χ0) is 20.6. The number of carbonyl (C=O) groups is 2. The van der Waals surface area contributed by atoms with Crippen molar-refractivity contribution in [3.8, 4) is 0 Å². The van der Waals surface area contributed by atoms with Gasteiger partial charge in [0.15, 0.2) is 0 Å². The maximum atomic E-state index is 12.9. The number of nitrogens with one attached hydrogen (secondary N) is 2. The lowest BCUT2D eigenvalue weighted by atomic mass is 10.2. The number of anilines is 2. The Kier molecular flexibility index (Phi) is 6.47. The van der Waals surface area contributed by atoms with Gasteiger partial charge in [-0.3, -0.25) is 9.59 Å². The summed E-state index contributed by atoms with van der Waals surface area (Å²) in [6, 6.07) is 19.7. The summed E-state index contributed by atoms with van der Waals surface area (Å²) in [6.45, 7) is 2.89. The van der Waals surface area contributed by atoms with Crippen LogP contribution >= 0.6 is 0 Å². The van der Waals surface area contributed by atoms with Crippen molar-refractivity contribution < 1.29 is 14.0 Å². The van der Waals surface area contributed by atoms with Crippen molar-refractivity contribution in [1.82, 2.24) is 5.32 Å². The van der Waals surface area contributed by atoms with E-state index in [2.05, 4.69) is 22.5 Å². The molecule has 0 saturated carbocycles. The summed E-state index contributed by atoms with van der Waals surface area (Å²) in [5.41, 5.74) is 2.16. The molecule has 148 valence electrons. The van der Waals surface area contributed by atoms with Crippen LogP contribution in [-0.2, 0) is 4.79 Å². The molecule has 0 aliphatic rings. The van der Waals surface area contributed by atoms with Crippen LogP contribution in [0.3, 0.4) is 0 Å². The first-order valence-corrected chi connectivity index (χ1v) is 9.31. The molecule has 0 atom stereocenters. The Labute approximate surface area is 169 Å². The van der Waals surface area contributed by atoms with Gasteiger partial charge in [0.1, 0.15) is 11.5 Å². The van der Waals surface area contributed by atoms with E-state index in [4.69, 9.17) is 4.42 Å². The second kappa shape index (κ2) is 9.41. The molecule has 3 rings (SSSR count). The van der Waals surface area contributed by atoms with Gasteiger partial charge < -0.3 is 20.0 Å². The van der Waals surface area contributed by atoms with E-state index in [1.54, 1.807) is 42.5 Å². The van der Waals surface area contributed by atoms with Gasteiger partial charge in [0.05, 0.1) is 6.26 Å². The van der Waals surface area contributed by atoms with E-state index in [1.165, 1.54) is 12.3 Å². The van der Waals surface area contributed by atoms with Crippen molar-refractivity contribution in [3.63, 3.8) is 0 Å². The van der Waals surface area contributed by atoms with Crippen molar-refractivity contribution in [3.05, 3.63) is 90.0 Å². The first-order valence-electron chi connectivity index (χ1n) is 9.31.